The lowest BCUT2D eigenvalue weighted by molar-refractivity contribution is -0.149. The number of aliphatic imine (C=N–C) groups is 1. The summed E-state index contributed by atoms with van der Waals surface area (Å²) in [6, 6.07) is 9.24. The summed E-state index contributed by atoms with van der Waals surface area (Å²) in [6.45, 7) is 7.74. The molecule has 1 saturated carbocycles. The molecule has 0 atom stereocenters. The highest BCUT2D eigenvalue weighted by atomic mass is 127. The summed E-state index contributed by atoms with van der Waals surface area (Å²) in [7, 11) is 1.81. The molecule has 0 aromatic heterocycles. The third kappa shape index (κ3) is 7.84. The molecule has 2 fully saturated rings. The van der Waals surface area contributed by atoms with Gasteiger partial charge in [0.25, 0.3) is 0 Å². The van der Waals surface area contributed by atoms with E-state index in [2.05, 4.69) is 51.7 Å². The molecule has 7 heteroatoms. The number of nitrogens with one attached hydrogen (secondary N) is 2. The van der Waals surface area contributed by atoms with Crippen LogP contribution in [0.4, 0.5) is 5.69 Å². The van der Waals surface area contributed by atoms with Crippen LogP contribution in [-0.2, 0) is 16.1 Å². The van der Waals surface area contributed by atoms with E-state index in [1.165, 1.54) is 24.1 Å². The molecule has 1 aliphatic carbocycles. The van der Waals surface area contributed by atoms with Crippen LogP contribution in [0.1, 0.15) is 57.9 Å². The molecular weight excluding hydrogens is 503 g/mol. The third-order valence-electron chi connectivity index (χ3n) is 6.46. The standard InChI is InChI=1S/C24H38N4O2.HI/c1-4-30-23(29)20-7-9-21(10-8-20)27-24(25-3)26-17-19-5-11-22(12-6-19)28-15-13-18(2)14-16-28;/h5-6,11-12,18,20-21H,4,7-10,13-17H2,1-3H3,(H2,25,26,27);1H. The number of piperidine rings is 1. The topological polar surface area (TPSA) is 66.0 Å². The van der Waals surface area contributed by atoms with Gasteiger partial charge < -0.3 is 20.3 Å². The van der Waals surface area contributed by atoms with Gasteiger partial charge in [0.05, 0.1) is 12.5 Å². The van der Waals surface area contributed by atoms with Gasteiger partial charge in [-0.3, -0.25) is 9.79 Å². The number of hydrogen-bond acceptors (Lipinski definition) is 4. The van der Waals surface area contributed by atoms with E-state index in [-0.39, 0.29) is 35.9 Å². The van der Waals surface area contributed by atoms with Crippen molar-refractivity contribution in [3.63, 3.8) is 0 Å². The van der Waals surface area contributed by atoms with Crippen LogP contribution in [0.25, 0.3) is 0 Å². The Kier molecular flexibility index (Phi) is 10.9. The third-order valence-corrected chi connectivity index (χ3v) is 6.46. The summed E-state index contributed by atoms with van der Waals surface area (Å²) in [5.74, 6) is 1.69. The summed E-state index contributed by atoms with van der Waals surface area (Å²) < 4.78 is 5.16. The number of benzene rings is 1. The van der Waals surface area contributed by atoms with E-state index in [4.69, 9.17) is 4.74 Å². The number of rotatable bonds is 6. The zero-order valence-electron chi connectivity index (χ0n) is 19.2. The molecule has 3 rings (SSSR count). The minimum absolute atomic E-state index is 0. The quantitative estimate of drug-likeness (QED) is 0.243. The molecule has 0 amide bonds. The zero-order valence-corrected chi connectivity index (χ0v) is 21.6. The molecule has 1 heterocycles. The lowest BCUT2D eigenvalue weighted by atomic mass is 9.86. The van der Waals surface area contributed by atoms with E-state index in [9.17, 15) is 4.79 Å². The SMILES string of the molecule is CCOC(=O)C1CCC(NC(=NC)NCc2ccc(N3CCC(C)CC3)cc2)CC1.I. The van der Waals surface area contributed by atoms with Crippen LogP contribution in [0, 0.1) is 11.8 Å². The number of halogens is 1. The fraction of sp³-hybridized carbons (Fsp3) is 0.667. The summed E-state index contributed by atoms with van der Waals surface area (Å²) in [5, 5.41) is 6.94. The van der Waals surface area contributed by atoms with Crippen molar-refractivity contribution in [2.24, 2.45) is 16.8 Å². The fourth-order valence-corrected chi connectivity index (χ4v) is 4.40. The highest BCUT2D eigenvalue weighted by Gasteiger charge is 2.27. The molecule has 1 saturated heterocycles. The monoisotopic (exact) mass is 542 g/mol. The van der Waals surface area contributed by atoms with E-state index in [1.54, 1.807) is 7.05 Å². The lowest BCUT2D eigenvalue weighted by Gasteiger charge is -2.32. The maximum absolute atomic E-state index is 11.9. The van der Waals surface area contributed by atoms with Crippen molar-refractivity contribution in [1.29, 1.82) is 0 Å². The Morgan fingerprint density at radius 2 is 1.74 bits per heavy atom. The van der Waals surface area contributed by atoms with Crippen molar-refractivity contribution in [2.45, 2.75) is 65.0 Å². The number of guanidine groups is 1. The van der Waals surface area contributed by atoms with Gasteiger partial charge in [-0.25, -0.2) is 0 Å². The number of anilines is 1. The number of carbonyl (C=O) groups excluding carboxylic acids is 1. The van der Waals surface area contributed by atoms with Crippen molar-refractivity contribution in [3.8, 4) is 0 Å². The van der Waals surface area contributed by atoms with E-state index in [0.717, 1.165) is 57.2 Å². The normalized spacial score (nSPS) is 22.4. The molecule has 2 N–H and O–H groups in total. The molecule has 31 heavy (non-hydrogen) atoms. The second kappa shape index (κ2) is 13.1. The molecule has 2 aliphatic rings. The van der Waals surface area contributed by atoms with Crippen LogP contribution in [0.2, 0.25) is 0 Å². The van der Waals surface area contributed by atoms with Crippen molar-refractivity contribution in [2.75, 3.05) is 31.6 Å². The maximum Gasteiger partial charge on any atom is 0.308 e. The molecular formula is C24H39IN4O2. The fourth-order valence-electron chi connectivity index (χ4n) is 4.40. The van der Waals surface area contributed by atoms with Crippen molar-refractivity contribution < 1.29 is 9.53 Å². The molecule has 174 valence electrons. The van der Waals surface area contributed by atoms with Crippen molar-refractivity contribution >= 4 is 41.6 Å². The van der Waals surface area contributed by atoms with Crippen LogP contribution in [0.5, 0.6) is 0 Å². The molecule has 6 nitrogen and oxygen atoms in total. The van der Waals surface area contributed by atoms with Gasteiger partial charge >= 0.3 is 5.97 Å². The minimum atomic E-state index is -0.0408. The number of carbonyl (C=O) groups is 1. The van der Waals surface area contributed by atoms with Gasteiger partial charge in [0.1, 0.15) is 0 Å². The molecule has 1 aromatic carbocycles. The molecule has 0 unspecified atom stereocenters. The molecule has 0 bridgehead atoms. The Balaban J connectivity index is 0.00000341. The molecule has 1 aliphatic heterocycles. The van der Waals surface area contributed by atoms with Crippen LogP contribution in [0.15, 0.2) is 29.3 Å². The van der Waals surface area contributed by atoms with Crippen molar-refractivity contribution in [3.05, 3.63) is 29.8 Å². The second-order valence-electron chi connectivity index (χ2n) is 8.71. The van der Waals surface area contributed by atoms with Gasteiger partial charge in [0, 0.05) is 38.4 Å². The van der Waals surface area contributed by atoms with Gasteiger partial charge in [-0.1, -0.05) is 19.1 Å². The summed E-state index contributed by atoms with van der Waals surface area (Å²) in [4.78, 5) is 18.8. The largest absolute Gasteiger partial charge is 0.466 e. The Morgan fingerprint density at radius 3 is 2.32 bits per heavy atom. The zero-order chi connectivity index (χ0) is 21.3. The van der Waals surface area contributed by atoms with E-state index < -0.39 is 0 Å². The van der Waals surface area contributed by atoms with Crippen LogP contribution < -0.4 is 15.5 Å². The van der Waals surface area contributed by atoms with E-state index >= 15 is 0 Å². The van der Waals surface area contributed by atoms with Crippen molar-refractivity contribution in [1.82, 2.24) is 10.6 Å². The highest BCUT2D eigenvalue weighted by Crippen LogP contribution is 2.25. The number of ether oxygens (including phenoxy) is 1. The minimum Gasteiger partial charge on any atom is -0.466 e. The first kappa shape index (κ1) is 25.7. The molecule has 0 spiro atoms. The maximum atomic E-state index is 11.9. The summed E-state index contributed by atoms with van der Waals surface area (Å²) in [5.41, 5.74) is 2.57. The summed E-state index contributed by atoms with van der Waals surface area (Å²) >= 11 is 0. The van der Waals surface area contributed by atoms with Gasteiger partial charge in [0.15, 0.2) is 5.96 Å². The first-order chi connectivity index (χ1) is 14.6. The highest BCUT2D eigenvalue weighted by molar-refractivity contribution is 14.0. The van der Waals surface area contributed by atoms with E-state index in [1.807, 2.05) is 6.92 Å². The Labute approximate surface area is 204 Å². The van der Waals surface area contributed by atoms with Crippen LogP contribution in [-0.4, -0.2) is 44.7 Å². The number of nitrogens with zero attached hydrogens (tertiary/aromatic N) is 2. The Morgan fingerprint density at radius 1 is 1.10 bits per heavy atom. The number of hydrogen-bond donors (Lipinski definition) is 2. The smallest absolute Gasteiger partial charge is 0.308 e. The second-order valence-corrected chi connectivity index (χ2v) is 8.71. The lowest BCUT2D eigenvalue weighted by Crippen LogP contribution is -2.45. The predicted molar refractivity (Wildman–Crippen MR) is 138 cm³/mol. The van der Waals surface area contributed by atoms with Gasteiger partial charge in [-0.05, 0) is 69.1 Å². The Hall–Kier alpha value is -1.51. The van der Waals surface area contributed by atoms with Crippen LogP contribution in [0.3, 0.4) is 0 Å². The first-order valence-electron chi connectivity index (χ1n) is 11.6. The van der Waals surface area contributed by atoms with Gasteiger partial charge in [0.2, 0.25) is 0 Å². The van der Waals surface area contributed by atoms with E-state index in [0.29, 0.717) is 12.6 Å². The average Bonchev–Trinajstić information content (AvgIpc) is 2.78. The van der Waals surface area contributed by atoms with Crippen LogP contribution >= 0.6 is 24.0 Å². The first-order valence-corrected chi connectivity index (χ1v) is 11.6. The summed E-state index contributed by atoms with van der Waals surface area (Å²) in [6.07, 6.45) is 6.26. The predicted octanol–water partition coefficient (Wildman–Crippen LogP) is 4.33. The van der Waals surface area contributed by atoms with Gasteiger partial charge in [-0.2, -0.15) is 0 Å². The molecule has 0 radical (unpaired) electrons. The van der Waals surface area contributed by atoms with Gasteiger partial charge in [-0.15, -0.1) is 24.0 Å². The molecule has 1 aromatic rings. The Bertz CT molecular complexity index is 694. The average molecular weight is 543 g/mol. The number of esters is 1.